The van der Waals surface area contributed by atoms with E-state index < -0.39 is 6.10 Å². The van der Waals surface area contributed by atoms with Crippen LogP contribution in [0.4, 0.5) is 0 Å². The lowest BCUT2D eigenvalue weighted by atomic mass is 10.2. The van der Waals surface area contributed by atoms with E-state index in [4.69, 9.17) is 9.94 Å². The molecule has 2 N–H and O–H groups in total. The maximum absolute atomic E-state index is 10.5. The molecule has 1 aromatic heterocycles. The summed E-state index contributed by atoms with van der Waals surface area (Å²) >= 11 is 0. The number of aliphatic hydroxyl groups is 1. The summed E-state index contributed by atoms with van der Waals surface area (Å²) in [7, 11) is 0. The minimum absolute atomic E-state index is 0.189. The number of oxime groups is 1. The molecule has 136 valence electrons. The van der Waals surface area contributed by atoms with E-state index in [0.29, 0.717) is 12.3 Å². The average molecular weight is 360 g/mol. The van der Waals surface area contributed by atoms with Gasteiger partial charge in [0.2, 0.25) is 0 Å². The first-order valence-electron chi connectivity index (χ1n) is 8.80. The van der Waals surface area contributed by atoms with Gasteiger partial charge in [-0.25, -0.2) is 0 Å². The number of aliphatic hydroxyl groups excluding tert-OH is 1. The van der Waals surface area contributed by atoms with Crippen LogP contribution in [-0.4, -0.2) is 33.8 Å². The molecule has 0 fully saturated rings. The minimum Gasteiger partial charge on any atom is -0.491 e. The summed E-state index contributed by atoms with van der Waals surface area (Å²) in [6, 6.07) is 23.6. The van der Waals surface area contributed by atoms with Crippen LogP contribution < -0.4 is 4.74 Å². The van der Waals surface area contributed by atoms with Crippen LogP contribution in [0, 0.1) is 0 Å². The number of rotatable bonds is 6. The van der Waals surface area contributed by atoms with Gasteiger partial charge in [-0.2, -0.15) is 0 Å². The number of fused-ring (bicyclic) bond motifs is 3. The van der Waals surface area contributed by atoms with Crippen LogP contribution in [0.5, 0.6) is 5.75 Å². The average Bonchev–Trinajstić information content (AvgIpc) is 3.02. The maximum atomic E-state index is 10.5. The second kappa shape index (κ2) is 7.51. The molecule has 0 bridgehead atoms. The maximum Gasteiger partial charge on any atom is 0.119 e. The second-order valence-corrected chi connectivity index (χ2v) is 6.42. The van der Waals surface area contributed by atoms with E-state index in [1.165, 1.54) is 17.0 Å². The smallest absolute Gasteiger partial charge is 0.119 e. The van der Waals surface area contributed by atoms with Crippen molar-refractivity contribution < 1.29 is 15.1 Å². The highest BCUT2D eigenvalue weighted by atomic mass is 16.5. The Balaban J connectivity index is 1.51. The van der Waals surface area contributed by atoms with Crippen molar-refractivity contribution in [2.24, 2.45) is 5.16 Å². The summed E-state index contributed by atoms with van der Waals surface area (Å²) in [6.07, 6.45) is 0.698. The summed E-state index contributed by atoms with van der Waals surface area (Å²) < 4.78 is 7.84. The number of ether oxygens (including phenoxy) is 1. The van der Waals surface area contributed by atoms with Crippen LogP contribution in [0.25, 0.3) is 21.8 Å². The zero-order valence-corrected chi connectivity index (χ0v) is 14.7. The highest BCUT2D eigenvalue weighted by Crippen LogP contribution is 2.28. The molecular weight excluding hydrogens is 340 g/mol. The molecule has 0 saturated heterocycles. The van der Waals surface area contributed by atoms with E-state index in [0.717, 1.165) is 16.6 Å². The Labute approximate surface area is 156 Å². The van der Waals surface area contributed by atoms with Crippen molar-refractivity contribution >= 4 is 28.0 Å². The second-order valence-electron chi connectivity index (χ2n) is 6.42. The van der Waals surface area contributed by atoms with Crippen molar-refractivity contribution in [1.82, 2.24) is 4.57 Å². The quantitative estimate of drug-likeness (QED) is 0.310. The van der Waals surface area contributed by atoms with E-state index in [-0.39, 0.29) is 6.61 Å². The Morgan fingerprint density at radius 3 is 2.07 bits per heavy atom. The summed E-state index contributed by atoms with van der Waals surface area (Å²) in [4.78, 5) is 0. The lowest BCUT2D eigenvalue weighted by Gasteiger charge is -2.15. The summed E-state index contributed by atoms with van der Waals surface area (Å²) in [6.45, 7) is 0.636. The van der Waals surface area contributed by atoms with Crippen molar-refractivity contribution in [1.29, 1.82) is 0 Å². The predicted molar refractivity (Wildman–Crippen MR) is 107 cm³/mol. The molecule has 0 amide bonds. The lowest BCUT2D eigenvalue weighted by molar-refractivity contribution is 0.0945. The van der Waals surface area contributed by atoms with Gasteiger partial charge in [0.05, 0.1) is 12.8 Å². The topological polar surface area (TPSA) is 67.0 Å². The van der Waals surface area contributed by atoms with Gasteiger partial charge in [0.15, 0.2) is 0 Å². The summed E-state index contributed by atoms with van der Waals surface area (Å²) in [5.74, 6) is 0.659. The van der Waals surface area contributed by atoms with E-state index in [1.54, 1.807) is 24.3 Å². The molecule has 1 unspecified atom stereocenters. The molecule has 4 aromatic rings. The molecule has 0 saturated carbocycles. The SMILES string of the molecule is ON=Cc1ccc(OCC(O)Cn2c3ccccc3c3ccccc32)cc1. The minimum atomic E-state index is -0.650. The third-order valence-electron chi connectivity index (χ3n) is 4.60. The van der Waals surface area contributed by atoms with Gasteiger partial charge in [0.1, 0.15) is 18.5 Å². The Hall–Kier alpha value is -3.31. The van der Waals surface area contributed by atoms with Gasteiger partial charge in [0, 0.05) is 21.8 Å². The van der Waals surface area contributed by atoms with Gasteiger partial charge in [-0.1, -0.05) is 41.6 Å². The van der Waals surface area contributed by atoms with E-state index in [9.17, 15) is 5.11 Å². The highest BCUT2D eigenvalue weighted by molar-refractivity contribution is 6.07. The highest BCUT2D eigenvalue weighted by Gasteiger charge is 2.13. The molecule has 0 aliphatic heterocycles. The molecule has 27 heavy (non-hydrogen) atoms. The first kappa shape index (κ1) is 17.1. The van der Waals surface area contributed by atoms with Gasteiger partial charge in [-0.3, -0.25) is 0 Å². The number of para-hydroxylation sites is 2. The molecule has 1 heterocycles. The first-order valence-corrected chi connectivity index (χ1v) is 8.80. The zero-order valence-electron chi connectivity index (χ0n) is 14.7. The van der Waals surface area contributed by atoms with Crippen LogP contribution >= 0.6 is 0 Å². The fourth-order valence-corrected chi connectivity index (χ4v) is 3.37. The Bertz CT molecular complexity index is 1030. The first-order chi connectivity index (χ1) is 13.3. The van der Waals surface area contributed by atoms with Crippen LogP contribution in [-0.2, 0) is 6.54 Å². The van der Waals surface area contributed by atoms with Crippen LogP contribution in [0.1, 0.15) is 5.56 Å². The Morgan fingerprint density at radius 1 is 0.889 bits per heavy atom. The summed E-state index contributed by atoms with van der Waals surface area (Å²) in [5.41, 5.74) is 2.98. The van der Waals surface area contributed by atoms with Crippen LogP contribution in [0.3, 0.4) is 0 Å². The molecule has 0 aliphatic carbocycles. The third kappa shape index (κ3) is 3.50. The number of hydrogen-bond acceptors (Lipinski definition) is 4. The predicted octanol–water partition coefficient (Wildman–Crippen LogP) is 4.04. The van der Waals surface area contributed by atoms with E-state index in [2.05, 4.69) is 34.0 Å². The fourth-order valence-electron chi connectivity index (χ4n) is 3.37. The summed E-state index contributed by atoms with van der Waals surface area (Å²) in [5, 5.41) is 24.4. The molecule has 5 nitrogen and oxygen atoms in total. The number of hydrogen-bond donors (Lipinski definition) is 2. The van der Waals surface area contributed by atoms with Crippen LogP contribution in [0.2, 0.25) is 0 Å². The van der Waals surface area contributed by atoms with Crippen molar-refractivity contribution in [3.63, 3.8) is 0 Å². The number of aromatic nitrogens is 1. The number of benzene rings is 3. The normalized spacial score (nSPS) is 12.8. The molecule has 3 aromatic carbocycles. The van der Waals surface area contributed by atoms with Crippen LogP contribution in [0.15, 0.2) is 78.0 Å². The Morgan fingerprint density at radius 2 is 1.48 bits per heavy atom. The monoisotopic (exact) mass is 360 g/mol. The van der Waals surface area contributed by atoms with Crippen molar-refractivity contribution in [3.05, 3.63) is 78.4 Å². The molecule has 5 heteroatoms. The zero-order chi connectivity index (χ0) is 18.6. The van der Waals surface area contributed by atoms with E-state index >= 15 is 0 Å². The molecule has 0 radical (unpaired) electrons. The van der Waals surface area contributed by atoms with Gasteiger partial charge in [0.25, 0.3) is 0 Å². The third-order valence-corrected chi connectivity index (χ3v) is 4.60. The van der Waals surface area contributed by atoms with Crippen molar-refractivity contribution in [2.45, 2.75) is 12.6 Å². The molecule has 0 aliphatic rings. The lowest BCUT2D eigenvalue weighted by Crippen LogP contribution is -2.23. The fraction of sp³-hybridized carbons (Fsp3) is 0.136. The van der Waals surface area contributed by atoms with Gasteiger partial charge < -0.3 is 19.6 Å². The van der Waals surface area contributed by atoms with Gasteiger partial charge >= 0.3 is 0 Å². The Kier molecular flexibility index (Phi) is 4.77. The van der Waals surface area contributed by atoms with E-state index in [1.807, 2.05) is 24.3 Å². The molecule has 1 atom stereocenters. The molecule has 4 rings (SSSR count). The van der Waals surface area contributed by atoms with Crippen molar-refractivity contribution in [2.75, 3.05) is 6.61 Å². The van der Waals surface area contributed by atoms with Crippen molar-refractivity contribution in [3.8, 4) is 5.75 Å². The number of nitrogens with zero attached hydrogens (tertiary/aromatic N) is 2. The van der Waals surface area contributed by atoms with Gasteiger partial charge in [-0.05, 0) is 42.0 Å². The largest absolute Gasteiger partial charge is 0.491 e. The molecular formula is C22H20N2O3. The van der Waals surface area contributed by atoms with Gasteiger partial charge in [-0.15, -0.1) is 0 Å². The standard InChI is InChI=1S/C22H20N2O3/c25-17(15-27-18-11-9-16(10-12-18)13-23-26)14-24-21-7-3-1-5-19(21)20-6-2-4-8-22(20)24/h1-13,17,25-26H,14-15H2. The molecule has 0 spiro atoms.